The number of nitrogens with zero attached hydrogens (tertiary/aromatic N) is 4. The Morgan fingerprint density at radius 3 is 2.48 bits per heavy atom. The Labute approximate surface area is 193 Å². The van der Waals surface area contributed by atoms with Crippen molar-refractivity contribution in [2.45, 2.75) is 19.9 Å². The molecule has 6 nitrogen and oxygen atoms in total. The summed E-state index contributed by atoms with van der Waals surface area (Å²) in [4.78, 5) is 14.9. The van der Waals surface area contributed by atoms with Crippen molar-refractivity contribution in [2.75, 3.05) is 12.3 Å². The van der Waals surface area contributed by atoms with Crippen LogP contribution in [0.1, 0.15) is 27.9 Å². The molecule has 1 amide bonds. The summed E-state index contributed by atoms with van der Waals surface area (Å²) < 4.78 is 1.67. The van der Waals surface area contributed by atoms with Crippen LogP contribution in [0.4, 0.5) is 5.82 Å². The van der Waals surface area contributed by atoms with Crippen LogP contribution in [0.25, 0.3) is 16.9 Å². The number of carbonyl (C=O) groups excluding carboxylic acids is 1. The second kappa shape index (κ2) is 9.84. The summed E-state index contributed by atoms with van der Waals surface area (Å²) in [7, 11) is 0. The van der Waals surface area contributed by atoms with E-state index >= 15 is 0 Å². The van der Waals surface area contributed by atoms with E-state index in [1.807, 2.05) is 73.7 Å². The van der Waals surface area contributed by atoms with Crippen LogP contribution in [-0.4, -0.2) is 27.1 Å². The molecule has 0 atom stereocenters. The van der Waals surface area contributed by atoms with Crippen LogP contribution in [0.5, 0.6) is 0 Å². The number of nitrogen functional groups attached to an aromatic ring is 1. The van der Waals surface area contributed by atoms with Gasteiger partial charge in [-0.05, 0) is 42.8 Å². The molecule has 0 saturated heterocycles. The first-order valence-electron chi connectivity index (χ1n) is 10.8. The zero-order valence-electron chi connectivity index (χ0n) is 18.5. The van der Waals surface area contributed by atoms with Crippen LogP contribution in [0, 0.1) is 18.3 Å². The third-order valence-electron chi connectivity index (χ3n) is 5.41. The van der Waals surface area contributed by atoms with Crippen LogP contribution < -0.4 is 5.73 Å². The third-order valence-corrected chi connectivity index (χ3v) is 5.41. The van der Waals surface area contributed by atoms with Gasteiger partial charge < -0.3 is 10.6 Å². The molecule has 6 heteroatoms. The third kappa shape index (κ3) is 5.10. The monoisotopic (exact) mass is 435 g/mol. The summed E-state index contributed by atoms with van der Waals surface area (Å²) in [5, 5.41) is 13.7. The Kier molecular flexibility index (Phi) is 6.51. The molecular weight excluding hydrogens is 410 g/mol. The van der Waals surface area contributed by atoms with E-state index in [0.717, 1.165) is 28.1 Å². The standard InChI is InChI=1S/C27H25N5O/c1-20-7-5-10-23(17-20)25-18-26(29)32(30-25)24-13-11-22(12-14-24)27(33)31(16-6-15-28)19-21-8-3-2-4-9-21/h2-5,7-14,17-18H,6,16,19,29H2,1H3. The van der Waals surface area contributed by atoms with Crippen LogP contribution in [-0.2, 0) is 6.54 Å². The van der Waals surface area contributed by atoms with Crippen molar-refractivity contribution in [3.05, 3.63) is 102 Å². The molecule has 0 aliphatic carbocycles. The van der Waals surface area contributed by atoms with Gasteiger partial charge in [0, 0.05) is 30.3 Å². The van der Waals surface area contributed by atoms with Crippen molar-refractivity contribution in [3.63, 3.8) is 0 Å². The van der Waals surface area contributed by atoms with Crippen LogP contribution in [0.3, 0.4) is 0 Å². The van der Waals surface area contributed by atoms with E-state index in [4.69, 9.17) is 11.0 Å². The summed E-state index contributed by atoms with van der Waals surface area (Å²) in [6.45, 7) is 2.87. The zero-order valence-corrected chi connectivity index (χ0v) is 18.5. The summed E-state index contributed by atoms with van der Waals surface area (Å²) in [5.41, 5.74) is 11.5. The van der Waals surface area contributed by atoms with E-state index in [-0.39, 0.29) is 12.3 Å². The topological polar surface area (TPSA) is 87.9 Å². The average Bonchev–Trinajstić information content (AvgIpc) is 3.23. The summed E-state index contributed by atoms with van der Waals surface area (Å²) in [5.74, 6) is 0.403. The van der Waals surface area contributed by atoms with Gasteiger partial charge in [-0.15, -0.1) is 0 Å². The highest BCUT2D eigenvalue weighted by Crippen LogP contribution is 2.24. The maximum atomic E-state index is 13.2. The van der Waals surface area contributed by atoms with E-state index in [0.29, 0.717) is 24.5 Å². The predicted octanol–water partition coefficient (Wildman–Crippen LogP) is 4.99. The SMILES string of the molecule is Cc1cccc(-c2cc(N)n(-c3ccc(C(=O)N(CCC#N)Cc4ccccc4)cc3)n2)c1. The Balaban J connectivity index is 1.56. The van der Waals surface area contributed by atoms with Gasteiger partial charge in [0.1, 0.15) is 5.82 Å². The molecule has 0 radical (unpaired) electrons. The largest absolute Gasteiger partial charge is 0.384 e. The molecule has 0 bridgehead atoms. The van der Waals surface area contributed by atoms with Gasteiger partial charge >= 0.3 is 0 Å². The van der Waals surface area contributed by atoms with Gasteiger partial charge in [0.25, 0.3) is 5.91 Å². The summed E-state index contributed by atoms with van der Waals surface area (Å²) in [6.07, 6.45) is 0.280. The number of nitrogens with two attached hydrogens (primary N) is 1. The maximum absolute atomic E-state index is 13.2. The molecule has 0 unspecified atom stereocenters. The van der Waals surface area contributed by atoms with Gasteiger partial charge in [0.05, 0.1) is 23.9 Å². The fourth-order valence-corrected chi connectivity index (χ4v) is 3.72. The minimum Gasteiger partial charge on any atom is -0.384 e. The fraction of sp³-hybridized carbons (Fsp3) is 0.148. The molecule has 0 fully saturated rings. The normalized spacial score (nSPS) is 10.5. The quantitative estimate of drug-likeness (QED) is 0.443. The van der Waals surface area contributed by atoms with Gasteiger partial charge in [-0.25, -0.2) is 4.68 Å². The number of amides is 1. The molecule has 0 saturated carbocycles. The van der Waals surface area contributed by atoms with E-state index in [2.05, 4.69) is 17.2 Å². The second-order valence-electron chi connectivity index (χ2n) is 7.90. The molecule has 3 aromatic carbocycles. The number of rotatable bonds is 7. The molecular formula is C27H25N5O. The number of hydrogen-bond donors (Lipinski definition) is 1. The fourth-order valence-electron chi connectivity index (χ4n) is 3.72. The predicted molar refractivity (Wildman–Crippen MR) is 130 cm³/mol. The Morgan fingerprint density at radius 1 is 1.03 bits per heavy atom. The minimum absolute atomic E-state index is 0.116. The van der Waals surface area contributed by atoms with Gasteiger partial charge in [-0.2, -0.15) is 10.4 Å². The number of aryl methyl sites for hydroxylation is 1. The molecule has 4 rings (SSSR count). The zero-order chi connectivity index (χ0) is 23.2. The average molecular weight is 436 g/mol. The van der Waals surface area contributed by atoms with Gasteiger partial charge in [0.15, 0.2) is 0 Å². The van der Waals surface area contributed by atoms with Crippen molar-refractivity contribution in [2.24, 2.45) is 0 Å². The second-order valence-corrected chi connectivity index (χ2v) is 7.90. The van der Waals surface area contributed by atoms with Gasteiger partial charge in [0.2, 0.25) is 0 Å². The molecule has 33 heavy (non-hydrogen) atoms. The summed E-state index contributed by atoms with van der Waals surface area (Å²) >= 11 is 0. The molecule has 0 aliphatic rings. The van der Waals surface area contributed by atoms with Crippen LogP contribution in [0.15, 0.2) is 84.9 Å². The lowest BCUT2D eigenvalue weighted by molar-refractivity contribution is 0.0747. The Bertz CT molecular complexity index is 1290. The van der Waals surface area contributed by atoms with Crippen LogP contribution in [0.2, 0.25) is 0 Å². The highest BCUT2D eigenvalue weighted by atomic mass is 16.2. The number of anilines is 1. The van der Waals surface area contributed by atoms with Crippen molar-refractivity contribution in [1.29, 1.82) is 5.26 Å². The number of nitriles is 1. The van der Waals surface area contributed by atoms with E-state index in [1.165, 1.54) is 0 Å². The first-order chi connectivity index (χ1) is 16.0. The lowest BCUT2D eigenvalue weighted by Gasteiger charge is -2.22. The molecule has 0 spiro atoms. The van der Waals surface area contributed by atoms with Crippen molar-refractivity contribution >= 4 is 11.7 Å². The first kappa shape index (κ1) is 21.8. The molecule has 164 valence electrons. The van der Waals surface area contributed by atoms with Gasteiger partial charge in [-0.1, -0.05) is 54.1 Å². The summed E-state index contributed by atoms with van der Waals surface area (Å²) in [6, 6.07) is 29.1. The smallest absolute Gasteiger partial charge is 0.254 e. The Morgan fingerprint density at radius 2 is 1.79 bits per heavy atom. The van der Waals surface area contributed by atoms with Crippen LogP contribution >= 0.6 is 0 Å². The lowest BCUT2D eigenvalue weighted by Crippen LogP contribution is -2.31. The van der Waals surface area contributed by atoms with Gasteiger partial charge in [-0.3, -0.25) is 4.79 Å². The molecule has 1 heterocycles. The molecule has 4 aromatic rings. The minimum atomic E-state index is -0.116. The maximum Gasteiger partial charge on any atom is 0.254 e. The van der Waals surface area contributed by atoms with Crippen molar-refractivity contribution < 1.29 is 4.79 Å². The van der Waals surface area contributed by atoms with E-state index < -0.39 is 0 Å². The van der Waals surface area contributed by atoms with Crippen molar-refractivity contribution in [3.8, 4) is 23.0 Å². The Hall–Kier alpha value is -4.37. The number of hydrogen-bond acceptors (Lipinski definition) is 4. The first-order valence-corrected chi connectivity index (χ1v) is 10.8. The van der Waals surface area contributed by atoms with E-state index in [1.54, 1.807) is 21.7 Å². The molecule has 1 aromatic heterocycles. The highest BCUT2D eigenvalue weighted by Gasteiger charge is 2.17. The lowest BCUT2D eigenvalue weighted by atomic mass is 10.1. The molecule has 2 N–H and O–H groups in total. The number of benzene rings is 3. The number of aromatic nitrogens is 2. The molecule has 0 aliphatic heterocycles. The highest BCUT2D eigenvalue weighted by molar-refractivity contribution is 5.94. The van der Waals surface area contributed by atoms with E-state index in [9.17, 15) is 4.79 Å². The number of carbonyl (C=O) groups is 1. The van der Waals surface area contributed by atoms with Crippen molar-refractivity contribution in [1.82, 2.24) is 14.7 Å².